The molecule has 0 aliphatic heterocycles. The Labute approximate surface area is 171 Å². The van der Waals surface area contributed by atoms with Crippen LogP contribution in [0.15, 0.2) is 36.5 Å². The van der Waals surface area contributed by atoms with Gasteiger partial charge in [-0.25, -0.2) is 9.78 Å². The van der Waals surface area contributed by atoms with Crippen LogP contribution in [0, 0.1) is 11.3 Å². The van der Waals surface area contributed by atoms with Crippen molar-refractivity contribution in [2.75, 3.05) is 6.61 Å². The maximum atomic E-state index is 9.38. The molecule has 8 nitrogen and oxygen atoms in total. The Kier molecular flexibility index (Phi) is 9.88. The summed E-state index contributed by atoms with van der Waals surface area (Å²) < 4.78 is 14.9. The number of aliphatic hydroxyl groups is 1. The van der Waals surface area contributed by atoms with E-state index in [2.05, 4.69) is 9.72 Å². The minimum atomic E-state index is -1.21. The van der Waals surface area contributed by atoms with E-state index < -0.39 is 18.4 Å². The lowest BCUT2D eigenvalue weighted by Crippen LogP contribution is -2.26. The average molecular weight is 429 g/mol. The molecule has 0 saturated carbocycles. The summed E-state index contributed by atoms with van der Waals surface area (Å²) in [5.41, 5.74) is 0. The third-order valence-electron chi connectivity index (χ3n) is 2.98. The van der Waals surface area contributed by atoms with E-state index in [9.17, 15) is 9.90 Å². The average Bonchev–Trinajstić information content (AvgIpc) is 2.65. The molecular weight excluding hydrogens is 411 g/mol. The Morgan fingerprint density at radius 2 is 1.89 bits per heavy atom. The second-order valence-electron chi connectivity index (χ2n) is 5.11. The Morgan fingerprint density at radius 3 is 2.36 bits per heavy atom. The molecule has 0 saturated heterocycles. The maximum Gasteiger partial charge on any atom is 0.505 e. The number of pyridine rings is 1. The number of hydrogen-bond acceptors (Lipinski definition) is 7. The molecule has 2 unspecified atom stereocenters. The maximum absolute atomic E-state index is 9.38. The summed E-state index contributed by atoms with van der Waals surface area (Å²) in [6.07, 6.45) is -1.60. The number of rotatable bonds is 6. The molecule has 150 valence electrons. The fourth-order valence-electron chi connectivity index (χ4n) is 1.68. The van der Waals surface area contributed by atoms with Crippen LogP contribution in [0.2, 0.25) is 10.0 Å². The molecule has 1 aromatic carbocycles. The van der Waals surface area contributed by atoms with Gasteiger partial charge in [-0.15, -0.1) is 0 Å². The Morgan fingerprint density at radius 1 is 1.29 bits per heavy atom. The van der Waals surface area contributed by atoms with Crippen LogP contribution in [0.1, 0.15) is 13.8 Å². The molecule has 0 bridgehead atoms. The molecule has 2 aromatic rings. The zero-order valence-electron chi connectivity index (χ0n) is 15.0. The first-order valence-corrected chi connectivity index (χ1v) is 8.71. The second kappa shape index (κ2) is 11.9. The van der Waals surface area contributed by atoms with Crippen LogP contribution in [0.3, 0.4) is 0 Å². The molecular formula is C18H18Cl2N2O6. The SMILES string of the molecule is CC(Oc1ccc(Oc2ncc(Cl)cc2Cl)cc1)C(O)C#N.CCOC(=O)O. The Hall–Kier alpha value is -2.73. The summed E-state index contributed by atoms with van der Waals surface area (Å²) in [6.45, 7) is 3.46. The molecule has 2 N–H and O–H groups in total. The number of nitrogens with zero attached hydrogens (tertiary/aromatic N) is 2. The highest BCUT2D eigenvalue weighted by molar-refractivity contribution is 6.35. The highest BCUT2D eigenvalue weighted by Gasteiger charge is 2.14. The minimum Gasteiger partial charge on any atom is -0.487 e. The van der Waals surface area contributed by atoms with Gasteiger partial charge in [0.1, 0.15) is 22.6 Å². The lowest BCUT2D eigenvalue weighted by Gasteiger charge is -2.15. The van der Waals surface area contributed by atoms with Gasteiger partial charge in [-0.2, -0.15) is 5.26 Å². The molecule has 1 aromatic heterocycles. The Bertz CT molecular complexity index is 811. The molecule has 0 aliphatic rings. The first-order valence-electron chi connectivity index (χ1n) is 7.95. The van der Waals surface area contributed by atoms with Crippen LogP contribution in [0.25, 0.3) is 0 Å². The number of aromatic nitrogens is 1. The van der Waals surface area contributed by atoms with E-state index >= 15 is 0 Å². The topological polar surface area (TPSA) is 122 Å². The quantitative estimate of drug-likeness (QED) is 0.507. The van der Waals surface area contributed by atoms with Gasteiger partial charge in [0.05, 0.1) is 17.7 Å². The van der Waals surface area contributed by atoms with Gasteiger partial charge in [-0.1, -0.05) is 23.2 Å². The van der Waals surface area contributed by atoms with E-state index in [4.69, 9.17) is 43.0 Å². The molecule has 0 amide bonds. The fourth-order valence-corrected chi connectivity index (χ4v) is 2.10. The van der Waals surface area contributed by atoms with Crippen molar-refractivity contribution in [3.63, 3.8) is 0 Å². The molecule has 0 fully saturated rings. The van der Waals surface area contributed by atoms with Gasteiger partial charge in [-0.05, 0) is 44.2 Å². The van der Waals surface area contributed by atoms with E-state index in [1.54, 1.807) is 44.2 Å². The molecule has 0 spiro atoms. The third-order valence-corrected chi connectivity index (χ3v) is 3.46. The Balaban J connectivity index is 0.000000568. The predicted molar refractivity (Wildman–Crippen MR) is 102 cm³/mol. The highest BCUT2D eigenvalue weighted by Crippen LogP contribution is 2.30. The van der Waals surface area contributed by atoms with Crippen LogP contribution in [0.5, 0.6) is 17.4 Å². The van der Waals surface area contributed by atoms with Crippen molar-refractivity contribution in [1.82, 2.24) is 4.98 Å². The van der Waals surface area contributed by atoms with Gasteiger partial charge in [-0.3, -0.25) is 0 Å². The number of carboxylic acid groups (broad SMARTS) is 1. The molecule has 2 rings (SSSR count). The number of ether oxygens (including phenoxy) is 3. The molecule has 0 aliphatic carbocycles. The molecule has 28 heavy (non-hydrogen) atoms. The molecule has 10 heteroatoms. The van der Waals surface area contributed by atoms with Crippen LogP contribution in [0.4, 0.5) is 4.79 Å². The van der Waals surface area contributed by atoms with Crippen molar-refractivity contribution in [2.45, 2.75) is 26.1 Å². The van der Waals surface area contributed by atoms with E-state index in [1.807, 2.05) is 0 Å². The zero-order chi connectivity index (χ0) is 21.1. The third kappa shape index (κ3) is 8.31. The number of hydrogen-bond donors (Lipinski definition) is 2. The number of benzene rings is 1. The number of carbonyl (C=O) groups is 1. The largest absolute Gasteiger partial charge is 0.505 e. The van der Waals surface area contributed by atoms with Gasteiger partial charge in [0.15, 0.2) is 6.10 Å². The van der Waals surface area contributed by atoms with E-state index in [-0.39, 0.29) is 12.5 Å². The van der Waals surface area contributed by atoms with Crippen molar-refractivity contribution in [1.29, 1.82) is 5.26 Å². The minimum absolute atomic E-state index is 0.231. The monoisotopic (exact) mass is 428 g/mol. The lowest BCUT2D eigenvalue weighted by molar-refractivity contribution is 0.0841. The van der Waals surface area contributed by atoms with Crippen LogP contribution in [-0.4, -0.2) is 40.2 Å². The first kappa shape index (κ1) is 23.3. The summed E-state index contributed by atoms with van der Waals surface area (Å²) in [5, 5.41) is 26.4. The van der Waals surface area contributed by atoms with Gasteiger partial charge in [0, 0.05) is 6.20 Å². The summed E-state index contributed by atoms with van der Waals surface area (Å²) >= 11 is 11.7. The van der Waals surface area contributed by atoms with Crippen molar-refractivity contribution in [2.24, 2.45) is 0 Å². The van der Waals surface area contributed by atoms with Gasteiger partial charge >= 0.3 is 6.16 Å². The normalized spacial score (nSPS) is 11.9. The number of nitriles is 1. The van der Waals surface area contributed by atoms with E-state index in [0.717, 1.165) is 0 Å². The molecule has 2 atom stereocenters. The van der Waals surface area contributed by atoms with Gasteiger partial charge in [0.25, 0.3) is 0 Å². The highest BCUT2D eigenvalue weighted by atomic mass is 35.5. The standard InChI is InChI=1S/C15H12Cl2N2O3.C3H6O3/c1-9(14(20)7-18)21-11-2-4-12(5-3-11)22-15-13(17)6-10(16)8-19-15;1-2-6-3(4)5/h2-6,8-9,14,20H,1H3;2H2,1H3,(H,4,5). The summed E-state index contributed by atoms with van der Waals surface area (Å²) in [5.74, 6) is 1.26. The summed E-state index contributed by atoms with van der Waals surface area (Å²) in [6, 6.07) is 9.87. The van der Waals surface area contributed by atoms with Crippen LogP contribution >= 0.6 is 23.2 Å². The van der Waals surface area contributed by atoms with Crippen molar-refractivity contribution >= 4 is 29.4 Å². The number of halogens is 2. The van der Waals surface area contributed by atoms with E-state index in [1.165, 1.54) is 12.3 Å². The van der Waals surface area contributed by atoms with Gasteiger partial charge in [0.2, 0.25) is 5.88 Å². The van der Waals surface area contributed by atoms with Crippen LogP contribution < -0.4 is 9.47 Å². The van der Waals surface area contributed by atoms with Gasteiger partial charge < -0.3 is 24.4 Å². The predicted octanol–water partition coefficient (Wildman–Crippen LogP) is 4.53. The smallest absolute Gasteiger partial charge is 0.487 e. The van der Waals surface area contributed by atoms with Crippen molar-refractivity contribution in [3.8, 4) is 23.4 Å². The second-order valence-corrected chi connectivity index (χ2v) is 5.95. The molecule has 0 radical (unpaired) electrons. The lowest BCUT2D eigenvalue weighted by atomic mass is 10.2. The number of aliphatic hydroxyl groups excluding tert-OH is 1. The summed E-state index contributed by atoms with van der Waals surface area (Å²) in [7, 11) is 0. The van der Waals surface area contributed by atoms with Crippen LogP contribution in [-0.2, 0) is 4.74 Å². The molecule has 1 heterocycles. The fraction of sp³-hybridized carbons (Fsp3) is 0.278. The summed E-state index contributed by atoms with van der Waals surface area (Å²) in [4.78, 5) is 13.4. The zero-order valence-corrected chi connectivity index (χ0v) is 16.5. The van der Waals surface area contributed by atoms with Crippen molar-refractivity contribution in [3.05, 3.63) is 46.6 Å². The first-order chi connectivity index (χ1) is 13.3. The van der Waals surface area contributed by atoms with E-state index in [0.29, 0.717) is 21.5 Å². The van der Waals surface area contributed by atoms with Crippen molar-refractivity contribution < 1.29 is 29.2 Å².